The van der Waals surface area contributed by atoms with E-state index >= 15 is 0 Å². The molecule has 0 saturated carbocycles. The van der Waals surface area contributed by atoms with Gasteiger partial charge in [-0.1, -0.05) is 60.7 Å². The van der Waals surface area contributed by atoms with Crippen molar-refractivity contribution in [2.45, 2.75) is 50.9 Å². The lowest BCUT2D eigenvalue weighted by Gasteiger charge is -2.50. The molecule has 170 valence electrons. The van der Waals surface area contributed by atoms with Crippen LogP contribution in [0.25, 0.3) is 0 Å². The minimum absolute atomic E-state index is 0.162. The van der Waals surface area contributed by atoms with Crippen LogP contribution in [0.2, 0.25) is 0 Å². The van der Waals surface area contributed by atoms with Crippen LogP contribution in [0.3, 0.4) is 0 Å². The van der Waals surface area contributed by atoms with Gasteiger partial charge in [0.2, 0.25) is 11.8 Å². The Morgan fingerprint density at radius 2 is 1.50 bits per heavy atom. The number of likely N-dealkylation sites (tertiary alicyclic amines) is 1. The van der Waals surface area contributed by atoms with Gasteiger partial charge in [-0.3, -0.25) is 4.90 Å². The molecule has 32 heavy (non-hydrogen) atoms. The van der Waals surface area contributed by atoms with Crippen molar-refractivity contribution in [2.24, 2.45) is 5.92 Å². The van der Waals surface area contributed by atoms with Crippen molar-refractivity contribution in [2.75, 3.05) is 13.1 Å². The maximum absolute atomic E-state index is 13.1. The molecular weight excluding hydrogens is 420 g/mol. The van der Waals surface area contributed by atoms with Crippen molar-refractivity contribution in [3.05, 3.63) is 83.6 Å². The molecule has 0 aliphatic carbocycles. The van der Waals surface area contributed by atoms with Crippen LogP contribution in [0.4, 0.5) is 0 Å². The van der Waals surface area contributed by atoms with Crippen molar-refractivity contribution in [3.63, 3.8) is 0 Å². The molecule has 1 N–H and O–H groups in total. The van der Waals surface area contributed by atoms with Crippen molar-refractivity contribution in [1.82, 2.24) is 19.8 Å². The Kier molecular flexibility index (Phi) is 6.45. The zero-order valence-corrected chi connectivity index (χ0v) is 20.2. The van der Waals surface area contributed by atoms with E-state index in [4.69, 9.17) is 4.42 Å². The Hall–Kier alpha value is -2.19. The molecule has 2 heterocycles. The molecule has 0 spiro atoms. The molecule has 0 bridgehead atoms. The number of nitrogens with one attached hydrogen (secondary N) is 1. The summed E-state index contributed by atoms with van der Waals surface area (Å²) < 4.78 is 21.9. The van der Waals surface area contributed by atoms with Crippen LogP contribution in [0, 0.1) is 12.8 Å². The highest BCUT2D eigenvalue weighted by Crippen LogP contribution is 2.42. The normalized spacial score (nSPS) is 18.3. The quantitative estimate of drug-likeness (QED) is 0.537. The first-order chi connectivity index (χ1) is 15.2. The smallest absolute Gasteiger partial charge is 0.241 e. The molecule has 4 rings (SSSR count). The van der Waals surface area contributed by atoms with Crippen molar-refractivity contribution < 1.29 is 8.97 Å². The third kappa shape index (κ3) is 4.62. The summed E-state index contributed by atoms with van der Waals surface area (Å²) in [5.41, 5.74) is 1.84. The van der Waals surface area contributed by atoms with Crippen LogP contribution in [0.15, 0.2) is 65.1 Å². The summed E-state index contributed by atoms with van der Waals surface area (Å²) in [6.45, 7) is 11.3. The molecule has 7 heteroatoms. The Morgan fingerprint density at radius 1 is 0.969 bits per heavy atom. The topological polar surface area (TPSA) is 77.2 Å². The van der Waals surface area contributed by atoms with Crippen LogP contribution < -0.4 is 4.72 Å². The van der Waals surface area contributed by atoms with Gasteiger partial charge in [-0.15, -0.1) is 14.9 Å². The second kappa shape index (κ2) is 8.98. The van der Waals surface area contributed by atoms with Crippen molar-refractivity contribution >= 4 is 11.4 Å². The van der Waals surface area contributed by atoms with Gasteiger partial charge in [0.05, 0.1) is 6.04 Å². The Bertz CT molecular complexity index is 976. The molecule has 1 aromatic heterocycles. The summed E-state index contributed by atoms with van der Waals surface area (Å²) in [5, 5.41) is 8.35. The lowest BCUT2D eigenvalue weighted by Crippen LogP contribution is -2.63. The zero-order valence-electron chi connectivity index (χ0n) is 19.4. The molecule has 1 aliphatic heterocycles. The van der Waals surface area contributed by atoms with E-state index in [0.29, 0.717) is 11.8 Å². The Labute approximate surface area is 193 Å². The summed E-state index contributed by atoms with van der Waals surface area (Å²) in [5.74, 6) is 1.17. The minimum Gasteiger partial charge on any atom is -0.598 e. The van der Waals surface area contributed by atoms with Crippen LogP contribution in [-0.4, -0.2) is 37.5 Å². The predicted molar refractivity (Wildman–Crippen MR) is 127 cm³/mol. The Balaban J connectivity index is 1.61. The van der Waals surface area contributed by atoms with Gasteiger partial charge in [-0.2, -0.15) is 0 Å². The summed E-state index contributed by atoms with van der Waals surface area (Å²) in [4.78, 5) is 2.46. The average Bonchev–Trinajstić information content (AvgIpc) is 3.18. The largest absolute Gasteiger partial charge is 0.598 e. The van der Waals surface area contributed by atoms with Gasteiger partial charge in [0.1, 0.15) is 10.3 Å². The molecule has 1 saturated heterocycles. The molecule has 0 amide bonds. The van der Waals surface area contributed by atoms with Gasteiger partial charge < -0.3 is 8.97 Å². The van der Waals surface area contributed by atoms with Crippen molar-refractivity contribution in [1.29, 1.82) is 0 Å². The van der Waals surface area contributed by atoms with E-state index in [0.717, 1.165) is 13.1 Å². The monoisotopic (exact) mass is 452 g/mol. The van der Waals surface area contributed by atoms with Gasteiger partial charge in [-0.25, -0.2) is 0 Å². The van der Waals surface area contributed by atoms with E-state index in [1.807, 2.05) is 39.8 Å². The maximum Gasteiger partial charge on any atom is 0.241 e. The van der Waals surface area contributed by atoms with Gasteiger partial charge in [0, 0.05) is 37.3 Å². The number of hydrogen-bond acceptors (Lipinski definition) is 6. The fourth-order valence-corrected chi connectivity index (χ4v) is 5.07. The zero-order chi connectivity index (χ0) is 22.9. The number of rotatable bonds is 7. The fourth-order valence-electron chi connectivity index (χ4n) is 4.13. The van der Waals surface area contributed by atoms with Gasteiger partial charge >= 0.3 is 0 Å². The second-order valence-corrected chi connectivity index (χ2v) is 11.7. The summed E-state index contributed by atoms with van der Waals surface area (Å²) in [6, 6.07) is 21.3. The Morgan fingerprint density at radius 3 is 1.94 bits per heavy atom. The molecular formula is C25H32N4O2S. The third-order valence-corrected chi connectivity index (χ3v) is 7.88. The summed E-state index contributed by atoms with van der Waals surface area (Å²) in [6.07, 6.45) is 0. The first kappa shape index (κ1) is 23.0. The highest BCUT2D eigenvalue weighted by atomic mass is 32.2. The number of aryl methyl sites for hydroxylation is 1. The second-order valence-electron chi connectivity index (χ2n) is 9.69. The number of benzene rings is 2. The van der Waals surface area contributed by atoms with Crippen LogP contribution in [0.5, 0.6) is 0 Å². The standard InChI is InChI=1S/C25H32N4O2S/c1-18-26-27-23(31-18)25(5,28-32(30)24(2,3)4)21-16-29(17-21)22(19-12-8-6-9-13-19)20-14-10-7-11-15-20/h6-15,21-22,28H,16-17H2,1-5H3. The van der Waals surface area contributed by atoms with E-state index in [-0.39, 0.29) is 12.0 Å². The third-order valence-electron chi connectivity index (χ3n) is 6.15. The fraction of sp³-hybridized carbons (Fsp3) is 0.440. The van der Waals surface area contributed by atoms with Gasteiger partial charge in [0.15, 0.2) is 0 Å². The predicted octanol–water partition coefficient (Wildman–Crippen LogP) is 4.37. The average molecular weight is 453 g/mol. The SMILES string of the molecule is Cc1nnc(C(C)(N[S+]([O-])C(C)(C)C)C2CN(C(c3ccccc3)c3ccccc3)C2)o1. The van der Waals surface area contributed by atoms with Gasteiger partial charge in [-0.05, 0) is 38.8 Å². The van der Waals surface area contributed by atoms with E-state index in [1.165, 1.54) is 11.1 Å². The van der Waals surface area contributed by atoms with E-state index < -0.39 is 21.6 Å². The lowest BCUT2D eigenvalue weighted by atomic mass is 9.78. The molecule has 1 fully saturated rings. The number of aromatic nitrogens is 2. The van der Waals surface area contributed by atoms with E-state index in [9.17, 15) is 4.55 Å². The van der Waals surface area contributed by atoms with Crippen LogP contribution in [0.1, 0.15) is 56.6 Å². The number of hydrogen-bond donors (Lipinski definition) is 1. The van der Waals surface area contributed by atoms with Gasteiger partial charge in [0.25, 0.3) is 0 Å². The first-order valence-corrected chi connectivity index (χ1v) is 12.2. The molecule has 0 radical (unpaired) electrons. The van der Waals surface area contributed by atoms with Crippen molar-refractivity contribution in [3.8, 4) is 0 Å². The molecule has 3 aromatic rings. The van der Waals surface area contributed by atoms with E-state index in [2.05, 4.69) is 68.4 Å². The first-order valence-electron chi connectivity index (χ1n) is 11.0. The lowest BCUT2D eigenvalue weighted by molar-refractivity contribution is 0.00642. The molecule has 2 unspecified atom stereocenters. The molecule has 1 aliphatic rings. The number of nitrogens with zero attached hydrogens (tertiary/aromatic N) is 3. The maximum atomic E-state index is 13.1. The summed E-state index contributed by atoms with van der Waals surface area (Å²) in [7, 11) is 0. The van der Waals surface area contributed by atoms with Crippen LogP contribution in [-0.2, 0) is 16.9 Å². The highest BCUT2D eigenvalue weighted by molar-refractivity contribution is 7.90. The summed E-state index contributed by atoms with van der Waals surface area (Å²) >= 11 is -1.28. The van der Waals surface area contributed by atoms with Crippen LogP contribution >= 0.6 is 0 Å². The molecule has 6 nitrogen and oxygen atoms in total. The molecule has 2 aromatic carbocycles. The minimum atomic E-state index is -1.28. The van der Waals surface area contributed by atoms with E-state index in [1.54, 1.807) is 6.92 Å². The highest BCUT2D eigenvalue weighted by Gasteiger charge is 2.52. The molecule has 2 atom stereocenters.